The highest BCUT2D eigenvalue weighted by atomic mass is 15.2. The largest absolute Gasteiger partial charge is 0.315 e. The third kappa shape index (κ3) is 6.87. The van der Waals surface area contributed by atoms with Crippen LogP contribution in [-0.2, 0) is 5.41 Å². The minimum atomic E-state index is -0.140. The molecule has 0 fully saturated rings. The minimum absolute atomic E-state index is 0.140. The minimum Gasteiger partial charge on any atom is -0.315 e. The molecule has 0 heterocycles. The molecule has 49 heavy (non-hydrogen) atoms. The summed E-state index contributed by atoms with van der Waals surface area (Å²) >= 11 is 0. The molecule has 0 aromatic heterocycles. The van der Waals surface area contributed by atoms with Crippen LogP contribution in [0.3, 0.4) is 0 Å². The highest BCUT2D eigenvalue weighted by molar-refractivity contribution is 5.86. The maximum Gasteiger partial charge on any atom is 0.0465 e. The maximum absolute atomic E-state index is 4.36. The maximum atomic E-state index is 4.36. The Morgan fingerprint density at radius 2 is 1.20 bits per heavy atom. The summed E-state index contributed by atoms with van der Waals surface area (Å²) in [4.78, 5) is 4.56. The predicted molar refractivity (Wildman–Crippen MR) is 214 cm³/mol. The van der Waals surface area contributed by atoms with E-state index in [1.165, 1.54) is 27.8 Å². The zero-order chi connectivity index (χ0) is 34.4. The Labute approximate surface area is 293 Å². The van der Waals surface area contributed by atoms with E-state index < -0.39 is 0 Å². The van der Waals surface area contributed by atoms with E-state index in [0.29, 0.717) is 0 Å². The van der Waals surface area contributed by atoms with Crippen molar-refractivity contribution < 1.29 is 0 Å². The number of anilines is 4. The normalized spacial score (nSPS) is 13.3. The van der Waals surface area contributed by atoms with Gasteiger partial charge in [0.15, 0.2) is 0 Å². The summed E-state index contributed by atoms with van der Waals surface area (Å²) in [6.45, 7) is 17.3. The number of para-hydroxylation sites is 2. The van der Waals surface area contributed by atoms with Crippen molar-refractivity contribution >= 4 is 34.9 Å². The van der Waals surface area contributed by atoms with Gasteiger partial charge in [0.2, 0.25) is 0 Å². The topological polar surface area (TPSA) is 6.48 Å². The van der Waals surface area contributed by atoms with Gasteiger partial charge in [0.05, 0.1) is 0 Å². The molecule has 0 saturated carbocycles. The van der Waals surface area contributed by atoms with Gasteiger partial charge in [-0.15, -0.1) is 0 Å². The van der Waals surface area contributed by atoms with Crippen LogP contribution in [-0.4, -0.2) is 0 Å². The number of fused-ring (bicyclic) bond motifs is 3. The molecule has 244 valence electrons. The molecule has 2 nitrogen and oxygen atoms in total. The standard InChI is InChI=1S/C47H46N2/c1-7-10-18-35(4)48(38(9-3)17-8-2)41-28-25-36(26-29-41)23-24-37-27-31-43-44-32-30-42(34-46(44)47(5,6)45(43)33-37)49(39-19-13-11-14-20-39)40-21-15-12-16-22-40/h8,10-34H,2,4,7,9H2,1,3,5-6H3. The lowest BCUT2D eigenvalue weighted by Crippen LogP contribution is -2.19. The lowest BCUT2D eigenvalue weighted by Gasteiger charge is -2.28. The van der Waals surface area contributed by atoms with Crippen LogP contribution in [0.1, 0.15) is 62.8 Å². The molecule has 0 radical (unpaired) electrons. The molecule has 0 unspecified atom stereocenters. The first kappa shape index (κ1) is 33.3. The summed E-state index contributed by atoms with van der Waals surface area (Å²) in [5, 5.41) is 0. The molecule has 0 atom stereocenters. The van der Waals surface area contributed by atoms with Crippen molar-refractivity contribution in [3.63, 3.8) is 0 Å². The van der Waals surface area contributed by atoms with Gasteiger partial charge >= 0.3 is 0 Å². The fourth-order valence-electron chi connectivity index (χ4n) is 6.85. The van der Waals surface area contributed by atoms with Gasteiger partial charge in [0.25, 0.3) is 0 Å². The summed E-state index contributed by atoms with van der Waals surface area (Å²) in [7, 11) is 0. The van der Waals surface area contributed by atoms with E-state index in [0.717, 1.165) is 52.5 Å². The molecule has 1 aliphatic carbocycles. The SMILES string of the molecule is C=CC=C(CC)N(C(=C)C=CCC)c1ccc(C=Cc2ccc3c(c2)C(C)(C)c2cc(N(c4ccccc4)c4ccccc4)ccc2-3)cc1. The molecule has 0 amide bonds. The lowest BCUT2D eigenvalue weighted by molar-refractivity contribution is 0.660. The third-order valence-corrected chi connectivity index (χ3v) is 9.38. The molecule has 1 aliphatic rings. The Kier molecular flexibility index (Phi) is 9.97. The molecular formula is C47H46N2. The Hall–Kier alpha value is -5.60. The second kappa shape index (κ2) is 14.7. The highest BCUT2D eigenvalue weighted by Crippen LogP contribution is 2.51. The molecule has 0 saturated heterocycles. The fourth-order valence-corrected chi connectivity index (χ4v) is 6.85. The first-order chi connectivity index (χ1) is 23.8. The smallest absolute Gasteiger partial charge is 0.0465 e. The van der Waals surface area contributed by atoms with Crippen LogP contribution in [0.25, 0.3) is 23.3 Å². The summed E-state index contributed by atoms with van der Waals surface area (Å²) in [6, 6.07) is 43.8. The van der Waals surface area contributed by atoms with Crippen LogP contribution in [0.2, 0.25) is 0 Å². The van der Waals surface area contributed by atoms with Gasteiger partial charge in [-0.3, -0.25) is 0 Å². The van der Waals surface area contributed by atoms with Crippen LogP contribution < -0.4 is 9.80 Å². The quantitative estimate of drug-likeness (QED) is 0.0991. The molecule has 2 heteroatoms. The van der Waals surface area contributed by atoms with Crippen LogP contribution in [0, 0.1) is 0 Å². The van der Waals surface area contributed by atoms with Crippen molar-refractivity contribution in [2.24, 2.45) is 0 Å². The average molecular weight is 639 g/mol. The second-order valence-corrected chi connectivity index (χ2v) is 13.0. The van der Waals surface area contributed by atoms with Gasteiger partial charge in [-0.2, -0.15) is 0 Å². The Morgan fingerprint density at radius 3 is 1.80 bits per heavy atom. The molecular weight excluding hydrogens is 593 g/mol. The number of allylic oxidation sites excluding steroid dienone is 5. The zero-order valence-electron chi connectivity index (χ0n) is 29.2. The van der Waals surface area contributed by atoms with Crippen LogP contribution in [0.15, 0.2) is 170 Å². The number of benzene rings is 5. The molecule has 0 spiro atoms. The third-order valence-electron chi connectivity index (χ3n) is 9.38. The van der Waals surface area contributed by atoms with E-state index in [-0.39, 0.29) is 5.41 Å². The average Bonchev–Trinajstić information content (AvgIpc) is 3.36. The summed E-state index contributed by atoms with van der Waals surface area (Å²) in [6.07, 6.45) is 14.4. The predicted octanol–water partition coefficient (Wildman–Crippen LogP) is 13.4. The molecule has 5 aromatic carbocycles. The van der Waals surface area contributed by atoms with Gasteiger partial charge in [0, 0.05) is 39.6 Å². The van der Waals surface area contributed by atoms with Gasteiger partial charge in [0.1, 0.15) is 0 Å². The van der Waals surface area contributed by atoms with E-state index in [9.17, 15) is 0 Å². The van der Waals surface area contributed by atoms with Crippen LogP contribution in [0.5, 0.6) is 0 Å². The Balaban J connectivity index is 1.27. The van der Waals surface area contributed by atoms with Gasteiger partial charge in [-0.05, 0) is 107 Å². The van der Waals surface area contributed by atoms with Gasteiger partial charge in [-0.1, -0.05) is 138 Å². The number of nitrogens with zero attached hydrogens (tertiary/aromatic N) is 2. The number of hydrogen-bond acceptors (Lipinski definition) is 2. The molecule has 6 rings (SSSR count). The lowest BCUT2D eigenvalue weighted by atomic mass is 9.81. The first-order valence-electron chi connectivity index (χ1n) is 17.3. The van der Waals surface area contributed by atoms with Crippen molar-refractivity contribution in [3.8, 4) is 11.1 Å². The van der Waals surface area contributed by atoms with Crippen molar-refractivity contribution in [1.29, 1.82) is 0 Å². The van der Waals surface area contributed by atoms with Gasteiger partial charge in [-0.25, -0.2) is 0 Å². The van der Waals surface area contributed by atoms with Crippen molar-refractivity contribution in [2.75, 3.05) is 9.80 Å². The molecule has 0 aliphatic heterocycles. The van der Waals surface area contributed by atoms with E-state index in [1.54, 1.807) is 0 Å². The molecule has 0 N–H and O–H groups in total. The monoisotopic (exact) mass is 638 g/mol. The summed E-state index contributed by atoms with van der Waals surface area (Å²) in [5.74, 6) is 0. The van der Waals surface area contributed by atoms with E-state index in [4.69, 9.17) is 0 Å². The van der Waals surface area contributed by atoms with Crippen LogP contribution >= 0.6 is 0 Å². The second-order valence-electron chi connectivity index (χ2n) is 13.0. The Bertz CT molecular complexity index is 1990. The van der Waals surface area contributed by atoms with Crippen molar-refractivity contribution in [2.45, 2.75) is 46.0 Å². The number of rotatable bonds is 12. The van der Waals surface area contributed by atoms with Crippen LogP contribution in [0.4, 0.5) is 22.7 Å². The van der Waals surface area contributed by atoms with Gasteiger partial charge < -0.3 is 9.80 Å². The van der Waals surface area contributed by atoms with E-state index in [1.807, 2.05) is 6.08 Å². The van der Waals surface area contributed by atoms with E-state index in [2.05, 4.69) is 202 Å². The summed E-state index contributed by atoms with van der Waals surface area (Å²) in [5.41, 5.74) is 14.2. The highest BCUT2D eigenvalue weighted by Gasteiger charge is 2.36. The Morgan fingerprint density at radius 1 is 0.653 bits per heavy atom. The van der Waals surface area contributed by atoms with Crippen molar-refractivity contribution in [3.05, 3.63) is 192 Å². The zero-order valence-corrected chi connectivity index (χ0v) is 29.2. The first-order valence-corrected chi connectivity index (χ1v) is 17.3. The molecule has 5 aromatic rings. The summed E-state index contributed by atoms with van der Waals surface area (Å²) < 4.78 is 0. The van der Waals surface area contributed by atoms with E-state index >= 15 is 0 Å². The number of hydrogen-bond donors (Lipinski definition) is 0. The fraction of sp³-hybridized carbons (Fsp3) is 0.149. The van der Waals surface area contributed by atoms with Crippen molar-refractivity contribution in [1.82, 2.24) is 0 Å². The molecule has 0 bridgehead atoms.